The summed E-state index contributed by atoms with van der Waals surface area (Å²) in [5, 5.41) is 6.21. The minimum atomic E-state index is -0.691. The zero-order chi connectivity index (χ0) is 24.0. The van der Waals surface area contributed by atoms with Crippen molar-refractivity contribution in [1.29, 1.82) is 0 Å². The van der Waals surface area contributed by atoms with Gasteiger partial charge >= 0.3 is 0 Å². The van der Waals surface area contributed by atoms with Crippen LogP contribution in [0.4, 0.5) is 0 Å². The quantitative estimate of drug-likeness (QED) is 0.641. The van der Waals surface area contributed by atoms with Gasteiger partial charge in [0.15, 0.2) is 0 Å². The van der Waals surface area contributed by atoms with E-state index < -0.39 is 6.04 Å². The second kappa shape index (κ2) is 11.3. The Hall–Kier alpha value is -2.86. The number of amides is 3. The summed E-state index contributed by atoms with van der Waals surface area (Å²) in [4.78, 5) is 40.8. The fraction of sp³-hybridized carbons (Fsp3) is 0.423. The zero-order valence-corrected chi connectivity index (χ0v) is 20.2. The van der Waals surface area contributed by atoms with Gasteiger partial charge in [-0.3, -0.25) is 14.4 Å². The number of likely N-dealkylation sites (tertiary alicyclic amines) is 1. The Balaban J connectivity index is 1.71. The van der Waals surface area contributed by atoms with E-state index in [1.54, 1.807) is 24.3 Å². The summed E-state index contributed by atoms with van der Waals surface area (Å²) in [5.74, 6) is -0.351. The van der Waals surface area contributed by atoms with Crippen molar-refractivity contribution in [2.45, 2.75) is 39.7 Å². The molecule has 0 aliphatic carbocycles. The third-order valence-corrected chi connectivity index (χ3v) is 6.38. The van der Waals surface area contributed by atoms with Crippen molar-refractivity contribution in [2.24, 2.45) is 11.8 Å². The number of hydrogen-bond donors (Lipinski definition) is 2. The molecule has 1 atom stereocenters. The van der Waals surface area contributed by atoms with E-state index in [-0.39, 0.29) is 23.6 Å². The molecule has 0 saturated carbocycles. The standard InChI is InChI=1S/C26H32ClN3O3/c1-17(2)16-28-25(32)23(29-24(31)21-10-6-7-11-22(21)27)19-12-14-30(15-13-19)26(33)20-9-5-4-8-18(20)3/h4-11,17,19,23H,12-16H2,1-3H3,(H,28,32)(H,29,31). The highest BCUT2D eigenvalue weighted by atomic mass is 35.5. The average molecular weight is 470 g/mol. The lowest BCUT2D eigenvalue weighted by Crippen LogP contribution is -2.54. The van der Waals surface area contributed by atoms with Crippen LogP contribution in [0, 0.1) is 18.8 Å². The van der Waals surface area contributed by atoms with Crippen LogP contribution >= 0.6 is 11.6 Å². The van der Waals surface area contributed by atoms with Crippen molar-refractivity contribution in [2.75, 3.05) is 19.6 Å². The van der Waals surface area contributed by atoms with E-state index in [2.05, 4.69) is 10.6 Å². The van der Waals surface area contributed by atoms with Crippen molar-refractivity contribution >= 4 is 29.3 Å². The minimum absolute atomic E-state index is 0.00691. The molecule has 0 radical (unpaired) electrons. The monoisotopic (exact) mass is 469 g/mol. The molecule has 7 heteroatoms. The van der Waals surface area contributed by atoms with Crippen LogP contribution in [0.5, 0.6) is 0 Å². The molecule has 1 aliphatic heterocycles. The van der Waals surface area contributed by atoms with Crippen LogP contribution in [0.15, 0.2) is 48.5 Å². The van der Waals surface area contributed by atoms with Gasteiger partial charge in [-0.1, -0.05) is 55.8 Å². The van der Waals surface area contributed by atoms with Crippen LogP contribution in [-0.2, 0) is 4.79 Å². The Bertz CT molecular complexity index is 1000. The lowest BCUT2D eigenvalue weighted by molar-refractivity contribution is -0.124. The Morgan fingerprint density at radius 2 is 1.61 bits per heavy atom. The van der Waals surface area contributed by atoms with E-state index in [1.165, 1.54) is 0 Å². The Morgan fingerprint density at radius 3 is 2.21 bits per heavy atom. The summed E-state index contributed by atoms with van der Waals surface area (Å²) >= 11 is 6.19. The smallest absolute Gasteiger partial charge is 0.254 e. The number of rotatable bonds is 7. The van der Waals surface area contributed by atoms with Gasteiger partial charge in [0.2, 0.25) is 5.91 Å². The molecule has 1 aliphatic rings. The molecule has 3 amide bonds. The number of halogens is 1. The first-order chi connectivity index (χ1) is 15.8. The molecule has 33 heavy (non-hydrogen) atoms. The lowest BCUT2D eigenvalue weighted by atomic mass is 9.88. The predicted octanol–water partition coefficient (Wildman–Crippen LogP) is 4.07. The molecule has 2 N–H and O–H groups in total. The van der Waals surface area contributed by atoms with Gasteiger partial charge in [-0.2, -0.15) is 0 Å². The van der Waals surface area contributed by atoms with Gasteiger partial charge in [0.1, 0.15) is 6.04 Å². The normalized spacial score (nSPS) is 15.2. The van der Waals surface area contributed by atoms with Crippen molar-refractivity contribution < 1.29 is 14.4 Å². The molecule has 2 aromatic rings. The summed E-state index contributed by atoms with van der Waals surface area (Å²) in [6.45, 7) is 7.57. The van der Waals surface area contributed by atoms with Gasteiger partial charge in [-0.05, 0) is 55.4 Å². The first-order valence-corrected chi connectivity index (χ1v) is 11.8. The van der Waals surface area contributed by atoms with E-state index in [4.69, 9.17) is 11.6 Å². The van der Waals surface area contributed by atoms with Gasteiger partial charge in [0, 0.05) is 25.2 Å². The molecule has 1 heterocycles. The lowest BCUT2D eigenvalue weighted by Gasteiger charge is -2.36. The number of benzene rings is 2. The molecular formula is C26H32ClN3O3. The second-order valence-corrected chi connectivity index (χ2v) is 9.42. The van der Waals surface area contributed by atoms with E-state index in [9.17, 15) is 14.4 Å². The first-order valence-electron chi connectivity index (χ1n) is 11.5. The van der Waals surface area contributed by atoms with Crippen LogP contribution in [0.1, 0.15) is 53.0 Å². The highest BCUT2D eigenvalue weighted by Gasteiger charge is 2.34. The molecule has 1 saturated heterocycles. The maximum Gasteiger partial charge on any atom is 0.254 e. The Labute approximate surface area is 200 Å². The number of carbonyl (C=O) groups excluding carboxylic acids is 3. The van der Waals surface area contributed by atoms with Crippen LogP contribution in [0.3, 0.4) is 0 Å². The highest BCUT2D eigenvalue weighted by molar-refractivity contribution is 6.33. The summed E-state index contributed by atoms with van der Waals surface area (Å²) in [5.41, 5.74) is 1.99. The largest absolute Gasteiger partial charge is 0.354 e. The van der Waals surface area contributed by atoms with Gasteiger partial charge < -0.3 is 15.5 Å². The maximum atomic E-state index is 13.0. The molecular weight excluding hydrogens is 438 g/mol. The van der Waals surface area contributed by atoms with Crippen molar-refractivity contribution in [3.8, 4) is 0 Å². The third kappa shape index (κ3) is 6.35. The van der Waals surface area contributed by atoms with E-state index in [0.29, 0.717) is 54.5 Å². The summed E-state index contributed by atoms with van der Waals surface area (Å²) in [7, 11) is 0. The topological polar surface area (TPSA) is 78.5 Å². The zero-order valence-electron chi connectivity index (χ0n) is 19.4. The third-order valence-electron chi connectivity index (χ3n) is 6.05. The number of nitrogens with zero attached hydrogens (tertiary/aromatic N) is 1. The number of aryl methyl sites for hydroxylation is 1. The first kappa shape index (κ1) is 24.8. The van der Waals surface area contributed by atoms with Crippen LogP contribution < -0.4 is 10.6 Å². The molecule has 1 fully saturated rings. The van der Waals surface area contributed by atoms with Gasteiger partial charge in [-0.25, -0.2) is 0 Å². The Morgan fingerprint density at radius 1 is 1.00 bits per heavy atom. The van der Waals surface area contributed by atoms with Crippen molar-refractivity contribution in [3.05, 3.63) is 70.2 Å². The second-order valence-electron chi connectivity index (χ2n) is 9.01. The van der Waals surface area contributed by atoms with Crippen molar-refractivity contribution in [3.63, 3.8) is 0 Å². The van der Waals surface area contributed by atoms with E-state index >= 15 is 0 Å². The SMILES string of the molecule is Cc1ccccc1C(=O)N1CCC(C(NC(=O)c2ccccc2Cl)C(=O)NCC(C)C)CC1. The van der Waals surface area contributed by atoms with E-state index in [0.717, 1.165) is 5.56 Å². The highest BCUT2D eigenvalue weighted by Crippen LogP contribution is 2.24. The molecule has 1 unspecified atom stereocenters. The Kier molecular flexibility index (Phi) is 8.50. The molecule has 0 spiro atoms. The average Bonchev–Trinajstić information content (AvgIpc) is 2.81. The number of piperidine rings is 1. The number of nitrogens with one attached hydrogen (secondary N) is 2. The van der Waals surface area contributed by atoms with Crippen LogP contribution in [0.25, 0.3) is 0 Å². The molecule has 176 valence electrons. The number of carbonyl (C=O) groups is 3. The van der Waals surface area contributed by atoms with Gasteiger partial charge in [0.25, 0.3) is 11.8 Å². The molecule has 0 bridgehead atoms. The molecule has 0 aromatic heterocycles. The summed E-state index contributed by atoms with van der Waals surface area (Å²) in [6.07, 6.45) is 1.25. The number of hydrogen-bond acceptors (Lipinski definition) is 3. The molecule has 2 aromatic carbocycles. The predicted molar refractivity (Wildman–Crippen MR) is 130 cm³/mol. The fourth-order valence-electron chi connectivity index (χ4n) is 4.10. The van der Waals surface area contributed by atoms with Crippen molar-refractivity contribution in [1.82, 2.24) is 15.5 Å². The van der Waals surface area contributed by atoms with Gasteiger partial charge in [-0.15, -0.1) is 0 Å². The molecule has 6 nitrogen and oxygen atoms in total. The van der Waals surface area contributed by atoms with Gasteiger partial charge in [0.05, 0.1) is 10.6 Å². The summed E-state index contributed by atoms with van der Waals surface area (Å²) in [6, 6.07) is 13.7. The molecule has 3 rings (SSSR count). The fourth-order valence-corrected chi connectivity index (χ4v) is 4.32. The summed E-state index contributed by atoms with van der Waals surface area (Å²) < 4.78 is 0. The van der Waals surface area contributed by atoms with Crippen LogP contribution in [-0.4, -0.2) is 48.3 Å². The maximum absolute atomic E-state index is 13.0. The van der Waals surface area contributed by atoms with E-state index in [1.807, 2.05) is 49.9 Å². The van der Waals surface area contributed by atoms with Crippen LogP contribution in [0.2, 0.25) is 5.02 Å². The minimum Gasteiger partial charge on any atom is -0.354 e.